The summed E-state index contributed by atoms with van der Waals surface area (Å²) in [7, 11) is 0. The van der Waals surface area contributed by atoms with Gasteiger partial charge in [0.15, 0.2) is 5.92 Å². The fraction of sp³-hybridized carbons (Fsp3) is 0.520. The lowest BCUT2D eigenvalue weighted by Gasteiger charge is -2.31. The van der Waals surface area contributed by atoms with Crippen LogP contribution in [0.15, 0.2) is 40.3 Å². The largest absolute Gasteiger partial charge is 0.459 e. The maximum absolute atomic E-state index is 13.6. The molecular weight excluding hydrogens is 488 g/mol. The Morgan fingerprint density at radius 1 is 1.08 bits per heavy atom. The summed E-state index contributed by atoms with van der Waals surface area (Å²) in [5.74, 6) is -2.63. The molecule has 2 atom stereocenters. The van der Waals surface area contributed by atoms with Crippen molar-refractivity contribution in [2.75, 3.05) is 6.54 Å². The second kappa shape index (κ2) is 10.4. The molecule has 1 aliphatic heterocycles. The van der Waals surface area contributed by atoms with Crippen LogP contribution >= 0.6 is 0 Å². The molecule has 2 rings (SSSR count). The molecule has 1 aromatic rings. The van der Waals surface area contributed by atoms with Gasteiger partial charge in [0.2, 0.25) is 0 Å². The summed E-state index contributed by atoms with van der Waals surface area (Å²) in [5.41, 5.74) is -6.99. The third-order valence-electron chi connectivity index (χ3n) is 5.15. The standard InChI is InChI=1S/C25H27F6N3O2/c1-15(2)7-10-33-20(19(14-32)21(35)36-22(3,4)5)23(8-6-9-34-23)16-11-17(24(26,27)28)13-18(12-16)25(29,30)31/h6,8-9,11-13,15,19H,7,10H2,1-5H3. The van der Waals surface area contributed by atoms with Gasteiger partial charge in [-0.3, -0.25) is 14.8 Å². The third kappa shape index (κ3) is 6.95. The van der Waals surface area contributed by atoms with Crippen molar-refractivity contribution in [2.45, 2.75) is 64.5 Å². The predicted octanol–water partition coefficient (Wildman–Crippen LogP) is 6.53. The lowest BCUT2D eigenvalue weighted by atomic mass is 9.79. The van der Waals surface area contributed by atoms with Crippen molar-refractivity contribution in [1.29, 1.82) is 5.26 Å². The Bertz CT molecular complexity index is 1060. The summed E-state index contributed by atoms with van der Waals surface area (Å²) in [6.45, 7) is 8.50. The molecule has 11 heteroatoms. The maximum Gasteiger partial charge on any atom is 0.416 e. The van der Waals surface area contributed by atoms with Crippen LogP contribution in [0.1, 0.15) is 57.7 Å². The molecule has 0 bridgehead atoms. The highest BCUT2D eigenvalue weighted by Crippen LogP contribution is 2.42. The number of carbonyl (C=O) groups is 1. The number of hydrogen-bond donors (Lipinski definition) is 0. The number of carbonyl (C=O) groups excluding carboxylic acids is 1. The van der Waals surface area contributed by atoms with Crippen molar-refractivity contribution in [3.63, 3.8) is 0 Å². The fourth-order valence-corrected chi connectivity index (χ4v) is 3.49. The van der Waals surface area contributed by atoms with Crippen molar-refractivity contribution < 1.29 is 35.9 Å². The molecule has 0 N–H and O–H groups in total. The van der Waals surface area contributed by atoms with E-state index in [9.17, 15) is 36.4 Å². The van der Waals surface area contributed by atoms with E-state index < -0.39 is 52.1 Å². The van der Waals surface area contributed by atoms with Crippen molar-refractivity contribution >= 4 is 17.9 Å². The number of esters is 1. The topological polar surface area (TPSA) is 74.8 Å². The Morgan fingerprint density at radius 3 is 2.03 bits per heavy atom. The summed E-state index contributed by atoms with van der Waals surface area (Å²) in [5, 5.41) is 9.89. The zero-order chi connectivity index (χ0) is 27.5. The second-order valence-electron chi connectivity index (χ2n) is 9.74. The van der Waals surface area contributed by atoms with Gasteiger partial charge in [-0.15, -0.1) is 0 Å². The van der Waals surface area contributed by atoms with Gasteiger partial charge in [0.25, 0.3) is 0 Å². The number of alkyl halides is 6. The quantitative estimate of drug-likeness (QED) is 0.235. The first-order valence-electron chi connectivity index (χ1n) is 11.1. The van der Waals surface area contributed by atoms with Crippen LogP contribution in [0.3, 0.4) is 0 Å². The number of aliphatic imine (C=N–C) groups is 2. The van der Waals surface area contributed by atoms with Crippen LogP contribution in [0.4, 0.5) is 26.3 Å². The lowest BCUT2D eigenvalue weighted by molar-refractivity contribution is -0.156. The summed E-state index contributed by atoms with van der Waals surface area (Å²) in [6, 6.07) is 2.83. The van der Waals surface area contributed by atoms with E-state index >= 15 is 0 Å². The maximum atomic E-state index is 13.6. The molecule has 0 spiro atoms. The zero-order valence-corrected chi connectivity index (χ0v) is 20.5. The normalized spacial score (nSPS) is 19.5. The second-order valence-corrected chi connectivity index (χ2v) is 9.74. The van der Waals surface area contributed by atoms with Crippen LogP contribution in [0.5, 0.6) is 0 Å². The number of halogens is 6. The van der Waals surface area contributed by atoms with Crippen LogP contribution in [0, 0.1) is 23.2 Å². The first-order chi connectivity index (χ1) is 16.4. The van der Waals surface area contributed by atoms with Crippen molar-refractivity contribution in [3.8, 4) is 6.07 Å². The van der Waals surface area contributed by atoms with E-state index in [1.54, 1.807) is 26.8 Å². The number of nitriles is 1. The molecule has 0 amide bonds. The average Bonchev–Trinajstić information content (AvgIpc) is 3.21. The minimum absolute atomic E-state index is 0.00476. The van der Waals surface area contributed by atoms with E-state index in [-0.39, 0.29) is 24.2 Å². The van der Waals surface area contributed by atoms with Crippen molar-refractivity contribution in [2.24, 2.45) is 21.8 Å². The van der Waals surface area contributed by atoms with E-state index in [2.05, 4.69) is 9.98 Å². The number of rotatable bonds is 7. The molecule has 1 aliphatic rings. The van der Waals surface area contributed by atoms with Crippen LogP contribution < -0.4 is 0 Å². The SMILES string of the molecule is CC(C)CCN=C(C(C#N)C(=O)OC(C)(C)C)C1(c2cc(C(F)(F)F)cc(C(F)(F)F)c2)C=CC=N1. The van der Waals surface area contributed by atoms with Crippen molar-refractivity contribution in [1.82, 2.24) is 0 Å². The Kier molecular flexibility index (Phi) is 8.44. The predicted molar refractivity (Wildman–Crippen MR) is 122 cm³/mol. The highest BCUT2D eigenvalue weighted by Gasteiger charge is 2.47. The van der Waals surface area contributed by atoms with Crippen molar-refractivity contribution in [3.05, 3.63) is 47.0 Å². The van der Waals surface area contributed by atoms with Crippen LogP contribution in [-0.4, -0.2) is 30.0 Å². The molecule has 1 aromatic carbocycles. The molecule has 5 nitrogen and oxygen atoms in total. The Labute approximate surface area is 205 Å². The van der Waals surface area contributed by atoms with Gasteiger partial charge in [-0.1, -0.05) is 13.8 Å². The van der Waals surface area contributed by atoms with Gasteiger partial charge < -0.3 is 4.74 Å². The van der Waals surface area contributed by atoms with E-state index in [1.807, 2.05) is 13.8 Å². The van der Waals surface area contributed by atoms with E-state index in [0.29, 0.717) is 18.6 Å². The molecule has 1 heterocycles. The number of allylic oxidation sites excluding steroid dienone is 1. The fourth-order valence-electron chi connectivity index (χ4n) is 3.49. The zero-order valence-electron chi connectivity index (χ0n) is 20.5. The molecule has 2 unspecified atom stereocenters. The molecule has 0 radical (unpaired) electrons. The minimum atomic E-state index is -5.10. The first kappa shape index (κ1) is 29.1. The van der Waals surface area contributed by atoms with Gasteiger partial charge in [-0.05, 0) is 69.0 Å². The monoisotopic (exact) mass is 515 g/mol. The summed E-state index contributed by atoms with van der Waals surface area (Å²) in [4.78, 5) is 21.5. The smallest absolute Gasteiger partial charge is 0.416 e. The van der Waals surface area contributed by atoms with Gasteiger partial charge in [-0.25, -0.2) is 0 Å². The van der Waals surface area contributed by atoms with Gasteiger partial charge in [0.05, 0.1) is 22.9 Å². The van der Waals surface area contributed by atoms with E-state index in [4.69, 9.17) is 4.74 Å². The molecule has 36 heavy (non-hydrogen) atoms. The summed E-state index contributed by atoms with van der Waals surface area (Å²) < 4.78 is 86.9. The summed E-state index contributed by atoms with van der Waals surface area (Å²) in [6.07, 6.45) is -6.00. The van der Waals surface area contributed by atoms with Gasteiger partial charge in [0.1, 0.15) is 11.1 Å². The summed E-state index contributed by atoms with van der Waals surface area (Å²) >= 11 is 0. The Balaban J connectivity index is 2.84. The lowest BCUT2D eigenvalue weighted by Crippen LogP contribution is -2.42. The molecular formula is C25H27F6N3O2. The van der Waals surface area contributed by atoms with Gasteiger partial charge in [-0.2, -0.15) is 31.6 Å². The van der Waals surface area contributed by atoms with Gasteiger partial charge >= 0.3 is 18.3 Å². The molecule has 0 aliphatic carbocycles. The molecule has 0 saturated carbocycles. The number of hydrogen-bond acceptors (Lipinski definition) is 5. The van der Waals surface area contributed by atoms with Crippen LogP contribution in [-0.2, 0) is 27.4 Å². The van der Waals surface area contributed by atoms with Gasteiger partial charge in [0, 0.05) is 12.8 Å². The number of ether oxygens (including phenoxy) is 1. The molecule has 196 valence electrons. The average molecular weight is 515 g/mol. The highest BCUT2D eigenvalue weighted by atomic mass is 19.4. The molecule has 0 aromatic heterocycles. The molecule has 0 saturated heterocycles. The number of nitrogens with zero attached hydrogens (tertiary/aromatic N) is 3. The van der Waals surface area contributed by atoms with E-state index in [0.717, 1.165) is 0 Å². The van der Waals surface area contributed by atoms with E-state index in [1.165, 1.54) is 18.4 Å². The van der Waals surface area contributed by atoms with Crippen LogP contribution in [0.25, 0.3) is 0 Å². The first-order valence-corrected chi connectivity index (χ1v) is 11.1. The molecule has 0 fully saturated rings. The number of benzene rings is 1. The Hall–Kier alpha value is -3.16. The minimum Gasteiger partial charge on any atom is -0.459 e. The third-order valence-corrected chi connectivity index (χ3v) is 5.15. The van der Waals surface area contributed by atoms with Crippen LogP contribution in [0.2, 0.25) is 0 Å². The highest BCUT2D eigenvalue weighted by molar-refractivity contribution is 6.12. The Morgan fingerprint density at radius 2 is 1.64 bits per heavy atom.